The highest BCUT2D eigenvalue weighted by molar-refractivity contribution is 7.48. The molecule has 0 aliphatic rings. The van der Waals surface area contributed by atoms with Gasteiger partial charge in [-0.3, -0.25) is 10.1 Å². The fraction of sp³-hybridized carbons (Fsp3) is 0.278. The molecule has 2 aromatic carbocycles. The molecule has 2 aromatic rings. The molecule has 0 bridgehead atoms. The van der Waals surface area contributed by atoms with Crippen LogP contribution in [0.5, 0.6) is 11.5 Å². The van der Waals surface area contributed by atoms with Gasteiger partial charge in [0.25, 0.3) is 0 Å². The number of nitro groups is 1. The van der Waals surface area contributed by atoms with Gasteiger partial charge in [0.2, 0.25) is 0 Å². The fourth-order valence-electron chi connectivity index (χ4n) is 2.38. The second-order valence-corrected chi connectivity index (χ2v) is 7.17. The number of aryl methyl sites for hydroxylation is 1. The fourth-order valence-corrected chi connectivity index (χ4v) is 3.30. The van der Waals surface area contributed by atoms with E-state index in [1.165, 1.54) is 0 Å². The molecule has 8 nitrogen and oxygen atoms in total. The number of hydrogen-bond acceptors (Lipinski definition) is 7. The maximum atomic E-state index is 14.2. The molecule has 0 spiro atoms. The molecule has 2 rings (SSSR count). The Balaban J connectivity index is 2.46. The first-order chi connectivity index (χ1) is 14.5. The number of carbonyl (C=O) groups excluding carboxylic acids is 1. The predicted molar refractivity (Wildman–Crippen MR) is 99.2 cm³/mol. The van der Waals surface area contributed by atoms with Crippen LogP contribution in [-0.2, 0) is 31.2 Å². The van der Waals surface area contributed by atoms with E-state index in [0.717, 1.165) is 25.3 Å². The van der Waals surface area contributed by atoms with Crippen LogP contribution >= 0.6 is 8.03 Å². The Morgan fingerprint density at radius 1 is 1.19 bits per heavy atom. The number of alkyl halides is 3. The molecule has 1 unspecified atom stereocenters. The highest BCUT2D eigenvalue weighted by atomic mass is 31.1. The van der Waals surface area contributed by atoms with Crippen molar-refractivity contribution in [3.05, 3.63) is 57.4 Å². The lowest BCUT2D eigenvalue weighted by Crippen LogP contribution is -2.12. The molecule has 0 amide bonds. The molecule has 0 N–H and O–H groups in total. The van der Waals surface area contributed by atoms with Crippen LogP contribution in [0, 0.1) is 15.9 Å². The topological polar surface area (TPSA) is 105 Å². The number of hydrogen-bond donors (Lipinski definition) is 0. The van der Waals surface area contributed by atoms with E-state index in [1.807, 2.05) is 0 Å². The molecule has 1 atom stereocenters. The summed E-state index contributed by atoms with van der Waals surface area (Å²) in [6.07, 6.45) is -4.59. The molecule has 0 saturated carbocycles. The third-order valence-corrected chi connectivity index (χ3v) is 5.05. The lowest BCUT2D eigenvalue weighted by molar-refractivity contribution is -0.383. The van der Waals surface area contributed by atoms with Crippen LogP contribution in [0.25, 0.3) is 0 Å². The maximum Gasteiger partial charge on any atom is 0.556 e. The minimum absolute atomic E-state index is 0.165. The first kappa shape index (κ1) is 24.2. The monoisotopic (exact) mass is 464 g/mol. The zero-order chi connectivity index (χ0) is 23.3. The van der Waals surface area contributed by atoms with Crippen molar-refractivity contribution in [2.45, 2.75) is 19.5 Å². The van der Waals surface area contributed by atoms with Crippen LogP contribution in [0.4, 0.5) is 23.2 Å². The number of methoxy groups -OCH3 is 1. The van der Waals surface area contributed by atoms with Crippen molar-refractivity contribution in [2.24, 2.45) is 0 Å². The van der Waals surface area contributed by atoms with Gasteiger partial charge in [0.1, 0.15) is 5.75 Å². The second kappa shape index (κ2) is 9.80. The van der Waals surface area contributed by atoms with Gasteiger partial charge < -0.3 is 9.47 Å². The van der Waals surface area contributed by atoms with E-state index in [1.54, 1.807) is 6.92 Å². The SMILES string of the molecule is CCc1cc([N+](=O)[O-])c([P+](=O)OCC(=O)OC)cc1Oc1ccc(C(F)(F)F)cc1F. The summed E-state index contributed by atoms with van der Waals surface area (Å²) in [5.74, 6) is -2.94. The molecule has 0 radical (unpaired) electrons. The number of halogens is 4. The minimum Gasteiger partial charge on any atom is -0.467 e. The number of ether oxygens (including phenoxy) is 2. The third kappa shape index (κ3) is 5.96. The Labute approximate surface area is 173 Å². The standard InChI is InChI=1S/C18H15F4NO7P/c1-3-10-6-13(23(25)26)16(31(27)29-9-17(24)28-2)8-15(10)30-14-5-4-11(7-12(14)19)18(20,21)22/h4-8H,3,9H2,1-2H3/q+1. The summed E-state index contributed by atoms with van der Waals surface area (Å²) in [4.78, 5) is 21.7. The molecule has 166 valence electrons. The number of nitro benzene ring substituents is 1. The highest BCUT2D eigenvalue weighted by Gasteiger charge is 2.36. The molecular weight excluding hydrogens is 449 g/mol. The number of nitrogens with zero attached hydrogens (tertiary/aromatic N) is 1. The second-order valence-electron chi connectivity index (χ2n) is 5.91. The van der Waals surface area contributed by atoms with Crippen molar-refractivity contribution in [1.29, 1.82) is 0 Å². The van der Waals surface area contributed by atoms with Crippen LogP contribution < -0.4 is 10.0 Å². The summed E-state index contributed by atoms with van der Waals surface area (Å²) < 4.78 is 79.1. The third-order valence-electron chi connectivity index (χ3n) is 3.94. The number of esters is 1. The van der Waals surface area contributed by atoms with Gasteiger partial charge in [0.05, 0.1) is 17.6 Å². The van der Waals surface area contributed by atoms with E-state index in [0.29, 0.717) is 6.07 Å². The first-order valence-corrected chi connectivity index (χ1v) is 9.68. The summed E-state index contributed by atoms with van der Waals surface area (Å²) in [6, 6.07) is 3.60. The molecule has 0 aliphatic carbocycles. The number of benzene rings is 2. The van der Waals surface area contributed by atoms with Crippen molar-refractivity contribution < 1.29 is 45.8 Å². The molecule has 13 heteroatoms. The van der Waals surface area contributed by atoms with Gasteiger partial charge in [-0.2, -0.15) is 13.2 Å². The van der Waals surface area contributed by atoms with Gasteiger partial charge in [0, 0.05) is 17.7 Å². The van der Waals surface area contributed by atoms with Crippen LogP contribution in [0.2, 0.25) is 0 Å². The van der Waals surface area contributed by atoms with Gasteiger partial charge >= 0.3 is 31.2 Å². The van der Waals surface area contributed by atoms with Crippen molar-refractivity contribution in [1.82, 2.24) is 0 Å². The largest absolute Gasteiger partial charge is 0.556 e. The molecule has 31 heavy (non-hydrogen) atoms. The lowest BCUT2D eigenvalue weighted by Gasteiger charge is -2.12. The smallest absolute Gasteiger partial charge is 0.467 e. The highest BCUT2D eigenvalue weighted by Crippen LogP contribution is 2.37. The molecule has 0 fully saturated rings. The summed E-state index contributed by atoms with van der Waals surface area (Å²) >= 11 is 0. The minimum atomic E-state index is -4.76. The normalized spacial score (nSPS) is 11.7. The van der Waals surface area contributed by atoms with Gasteiger partial charge in [0.15, 0.2) is 18.2 Å². The Hall–Kier alpha value is -3.11. The Bertz CT molecular complexity index is 1030. The zero-order valence-corrected chi connectivity index (χ0v) is 17.0. The van der Waals surface area contributed by atoms with Gasteiger partial charge in [-0.15, -0.1) is 4.52 Å². The van der Waals surface area contributed by atoms with E-state index in [2.05, 4.69) is 4.74 Å². The van der Waals surface area contributed by atoms with E-state index in [-0.39, 0.29) is 23.8 Å². The summed E-state index contributed by atoms with van der Waals surface area (Å²) in [5.41, 5.74) is -1.62. The molecule has 0 saturated heterocycles. The van der Waals surface area contributed by atoms with Crippen LogP contribution in [0.15, 0.2) is 30.3 Å². The first-order valence-electron chi connectivity index (χ1n) is 8.50. The van der Waals surface area contributed by atoms with Crippen molar-refractivity contribution in [3.8, 4) is 11.5 Å². The van der Waals surface area contributed by atoms with Gasteiger partial charge in [-0.1, -0.05) is 6.92 Å². The maximum absolute atomic E-state index is 14.2. The van der Waals surface area contributed by atoms with Crippen LogP contribution in [0.1, 0.15) is 18.1 Å². The van der Waals surface area contributed by atoms with Crippen molar-refractivity contribution in [3.63, 3.8) is 0 Å². The van der Waals surface area contributed by atoms with E-state index < -0.39 is 59.8 Å². The summed E-state index contributed by atoms with van der Waals surface area (Å²) in [7, 11) is -1.86. The summed E-state index contributed by atoms with van der Waals surface area (Å²) in [5, 5.41) is 10.9. The predicted octanol–water partition coefficient (Wildman–Crippen LogP) is 4.66. The van der Waals surface area contributed by atoms with Gasteiger partial charge in [-0.05, 0) is 29.2 Å². The van der Waals surface area contributed by atoms with Gasteiger partial charge in [-0.25, -0.2) is 9.18 Å². The average Bonchev–Trinajstić information content (AvgIpc) is 2.71. The van der Waals surface area contributed by atoms with Crippen LogP contribution in [0.3, 0.4) is 0 Å². The molecule has 0 heterocycles. The Kier molecular flexibility index (Phi) is 7.64. The van der Waals surface area contributed by atoms with Crippen molar-refractivity contribution in [2.75, 3.05) is 13.7 Å². The summed E-state index contributed by atoms with van der Waals surface area (Å²) in [6.45, 7) is 0.852. The van der Waals surface area contributed by atoms with E-state index in [9.17, 15) is 37.0 Å². The quantitative estimate of drug-likeness (QED) is 0.184. The average molecular weight is 464 g/mol. The lowest BCUT2D eigenvalue weighted by atomic mass is 10.1. The Morgan fingerprint density at radius 3 is 2.39 bits per heavy atom. The molecular formula is C18H15F4NO7P+. The molecule has 0 aliphatic heterocycles. The van der Waals surface area contributed by atoms with E-state index in [4.69, 9.17) is 9.26 Å². The van der Waals surface area contributed by atoms with Crippen molar-refractivity contribution >= 4 is 25.0 Å². The zero-order valence-electron chi connectivity index (χ0n) is 16.1. The number of carbonyl (C=O) groups is 1. The Morgan fingerprint density at radius 2 is 1.87 bits per heavy atom. The molecule has 0 aromatic heterocycles. The van der Waals surface area contributed by atoms with E-state index >= 15 is 0 Å². The van der Waals surface area contributed by atoms with Crippen LogP contribution in [-0.4, -0.2) is 24.6 Å². The number of rotatable bonds is 8.